The maximum atomic E-state index is 12.6. The van der Waals surface area contributed by atoms with E-state index in [2.05, 4.69) is 15.2 Å². The number of pyridine rings is 1. The zero-order chi connectivity index (χ0) is 19.2. The van der Waals surface area contributed by atoms with Gasteiger partial charge in [-0.25, -0.2) is 0 Å². The summed E-state index contributed by atoms with van der Waals surface area (Å²) in [5.41, 5.74) is 2.07. The number of hydrogen-bond donors (Lipinski definition) is 1. The Morgan fingerprint density at radius 1 is 1.15 bits per heavy atom. The third-order valence-electron chi connectivity index (χ3n) is 4.30. The highest BCUT2D eigenvalue weighted by Crippen LogP contribution is 2.20. The highest BCUT2D eigenvalue weighted by atomic mass is 16.5. The summed E-state index contributed by atoms with van der Waals surface area (Å²) in [5, 5.41) is 2.88. The number of aromatic nitrogens is 1. The molecule has 142 valence electrons. The number of nitrogens with one attached hydrogen (secondary N) is 1. The Kier molecular flexibility index (Phi) is 5.90. The largest absolute Gasteiger partial charge is 0.491 e. The quantitative estimate of drug-likeness (QED) is 0.793. The van der Waals surface area contributed by atoms with Crippen molar-refractivity contribution in [3.63, 3.8) is 0 Å². The average Bonchev–Trinajstić information content (AvgIpc) is 2.69. The van der Waals surface area contributed by atoms with Crippen molar-refractivity contribution in [2.45, 2.75) is 20.0 Å². The molecule has 0 bridgehead atoms. The monoisotopic (exact) mass is 368 g/mol. The van der Waals surface area contributed by atoms with Gasteiger partial charge in [-0.3, -0.25) is 14.6 Å². The van der Waals surface area contributed by atoms with Gasteiger partial charge in [-0.05, 0) is 44.2 Å². The molecule has 1 aromatic heterocycles. The van der Waals surface area contributed by atoms with Crippen LogP contribution in [0, 0.1) is 0 Å². The van der Waals surface area contributed by atoms with Gasteiger partial charge in [-0.1, -0.05) is 0 Å². The number of rotatable bonds is 6. The predicted octanol–water partition coefficient (Wildman–Crippen LogP) is 2.40. The van der Waals surface area contributed by atoms with Crippen LogP contribution < -0.4 is 15.0 Å². The lowest BCUT2D eigenvalue weighted by Gasteiger charge is -2.34. The molecule has 2 amide bonds. The molecule has 0 unspecified atom stereocenters. The van der Waals surface area contributed by atoms with Crippen molar-refractivity contribution in [2.24, 2.45) is 0 Å². The van der Waals surface area contributed by atoms with Gasteiger partial charge in [0.15, 0.2) is 0 Å². The minimum Gasteiger partial charge on any atom is -0.491 e. The van der Waals surface area contributed by atoms with Crippen LogP contribution in [-0.2, 0) is 4.79 Å². The van der Waals surface area contributed by atoms with Crippen molar-refractivity contribution in [3.8, 4) is 5.75 Å². The topological polar surface area (TPSA) is 74.8 Å². The molecular formula is C20H24N4O3. The van der Waals surface area contributed by atoms with Crippen LogP contribution in [0.4, 0.5) is 11.4 Å². The Hall–Kier alpha value is -3.09. The Balaban J connectivity index is 1.64. The predicted molar refractivity (Wildman–Crippen MR) is 104 cm³/mol. The molecule has 0 saturated carbocycles. The maximum Gasteiger partial charge on any atom is 0.257 e. The molecule has 0 atom stereocenters. The lowest BCUT2D eigenvalue weighted by Crippen LogP contribution is -2.45. The number of hydrogen-bond acceptors (Lipinski definition) is 5. The van der Waals surface area contributed by atoms with E-state index in [0.29, 0.717) is 24.3 Å². The van der Waals surface area contributed by atoms with Gasteiger partial charge in [0.1, 0.15) is 5.75 Å². The molecule has 1 aliphatic heterocycles. The summed E-state index contributed by atoms with van der Waals surface area (Å²) in [6.45, 7) is 6.73. The van der Waals surface area contributed by atoms with Crippen molar-refractivity contribution >= 4 is 23.7 Å². The minimum absolute atomic E-state index is 0.104. The summed E-state index contributed by atoms with van der Waals surface area (Å²) in [4.78, 5) is 31.5. The minimum atomic E-state index is -0.214. The van der Waals surface area contributed by atoms with Crippen LogP contribution in [0.2, 0.25) is 0 Å². The van der Waals surface area contributed by atoms with Gasteiger partial charge in [0.05, 0.1) is 23.6 Å². The van der Waals surface area contributed by atoms with Crippen molar-refractivity contribution < 1.29 is 14.3 Å². The first kappa shape index (κ1) is 18.7. The van der Waals surface area contributed by atoms with Crippen LogP contribution in [0.3, 0.4) is 0 Å². The van der Waals surface area contributed by atoms with E-state index in [4.69, 9.17) is 4.74 Å². The van der Waals surface area contributed by atoms with E-state index in [9.17, 15) is 9.59 Å². The number of carbonyl (C=O) groups is 2. The second-order valence-corrected chi connectivity index (χ2v) is 6.71. The van der Waals surface area contributed by atoms with Crippen molar-refractivity contribution in [1.82, 2.24) is 9.88 Å². The number of ether oxygens (including phenoxy) is 1. The van der Waals surface area contributed by atoms with E-state index in [-0.39, 0.29) is 12.0 Å². The van der Waals surface area contributed by atoms with E-state index in [1.54, 1.807) is 17.3 Å². The molecule has 1 N–H and O–H groups in total. The van der Waals surface area contributed by atoms with Gasteiger partial charge in [0, 0.05) is 38.1 Å². The Morgan fingerprint density at radius 3 is 2.48 bits per heavy atom. The summed E-state index contributed by atoms with van der Waals surface area (Å²) in [7, 11) is 0. The number of anilines is 2. The molecule has 2 aromatic rings. The first-order valence-corrected chi connectivity index (χ1v) is 9.02. The maximum absolute atomic E-state index is 12.6. The van der Waals surface area contributed by atoms with Gasteiger partial charge in [-0.15, -0.1) is 0 Å². The van der Waals surface area contributed by atoms with E-state index < -0.39 is 0 Å². The highest BCUT2D eigenvalue weighted by Gasteiger charge is 2.17. The van der Waals surface area contributed by atoms with Gasteiger partial charge in [0.25, 0.3) is 5.91 Å². The SMILES string of the molecule is CC(C)Oc1ccc(NC(=O)c2cncc(N3CCN(C=O)CC3)c2)cc1. The molecular weight excluding hydrogens is 344 g/mol. The van der Waals surface area contributed by atoms with Gasteiger partial charge < -0.3 is 19.9 Å². The van der Waals surface area contributed by atoms with E-state index in [0.717, 1.165) is 30.9 Å². The van der Waals surface area contributed by atoms with Crippen molar-refractivity contribution in [1.29, 1.82) is 0 Å². The zero-order valence-corrected chi connectivity index (χ0v) is 15.6. The Labute approximate surface area is 158 Å². The van der Waals surface area contributed by atoms with E-state index in [1.807, 2.05) is 44.2 Å². The van der Waals surface area contributed by atoms with Crippen LogP contribution in [-0.4, -0.2) is 54.5 Å². The van der Waals surface area contributed by atoms with Gasteiger partial charge >= 0.3 is 0 Å². The smallest absolute Gasteiger partial charge is 0.257 e. The highest BCUT2D eigenvalue weighted by molar-refractivity contribution is 6.04. The normalized spacial score (nSPS) is 14.2. The van der Waals surface area contributed by atoms with Crippen LogP contribution >= 0.6 is 0 Å². The molecule has 3 rings (SSSR count). The summed E-state index contributed by atoms with van der Waals surface area (Å²) < 4.78 is 5.60. The molecule has 0 aliphatic carbocycles. The molecule has 7 heteroatoms. The third kappa shape index (κ3) is 4.97. The van der Waals surface area contributed by atoms with Crippen LogP contribution in [0.5, 0.6) is 5.75 Å². The first-order chi connectivity index (χ1) is 13.0. The summed E-state index contributed by atoms with van der Waals surface area (Å²) >= 11 is 0. The number of carbonyl (C=O) groups excluding carboxylic acids is 2. The average molecular weight is 368 g/mol. The second kappa shape index (κ2) is 8.53. The molecule has 1 fully saturated rings. The van der Waals surface area contributed by atoms with E-state index in [1.165, 1.54) is 0 Å². The molecule has 27 heavy (non-hydrogen) atoms. The molecule has 1 aliphatic rings. The number of nitrogens with zero attached hydrogens (tertiary/aromatic N) is 3. The van der Waals surface area contributed by atoms with Crippen LogP contribution in [0.15, 0.2) is 42.7 Å². The van der Waals surface area contributed by atoms with Gasteiger partial charge in [-0.2, -0.15) is 0 Å². The standard InChI is InChI=1S/C20H24N4O3/c1-15(2)27-19-5-3-17(4-6-19)22-20(26)16-11-18(13-21-12-16)24-9-7-23(14-25)8-10-24/h3-6,11-15H,7-10H2,1-2H3,(H,22,26). The van der Waals surface area contributed by atoms with Crippen LogP contribution in [0.1, 0.15) is 24.2 Å². The summed E-state index contributed by atoms with van der Waals surface area (Å²) in [6.07, 6.45) is 4.27. The molecule has 0 radical (unpaired) electrons. The lowest BCUT2D eigenvalue weighted by atomic mass is 10.2. The fraction of sp³-hybridized carbons (Fsp3) is 0.350. The summed E-state index contributed by atoms with van der Waals surface area (Å²) in [6, 6.07) is 9.11. The second-order valence-electron chi connectivity index (χ2n) is 6.71. The fourth-order valence-electron chi connectivity index (χ4n) is 2.90. The van der Waals surface area contributed by atoms with Gasteiger partial charge in [0.2, 0.25) is 6.41 Å². The fourth-order valence-corrected chi connectivity index (χ4v) is 2.90. The van der Waals surface area contributed by atoms with Crippen LogP contribution in [0.25, 0.3) is 0 Å². The Bertz CT molecular complexity index is 784. The number of benzene rings is 1. The molecule has 7 nitrogen and oxygen atoms in total. The Morgan fingerprint density at radius 2 is 1.85 bits per heavy atom. The first-order valence-electron chi connectivity index (χ1n) is 9.02. The molecule has 0 spiro atoms. The van der Waals surface area contributed by atoms with Crippen molar-refractivity contribution in [3.05, 3.63) is 48.3 Å². The third-order valence-corrected chi connectivity index (χ3v) is 4.30. The zero-order valence-electron chi connectivity index (χ0n) is 15.6. The van der Waals surface area contributed by atoms with E-state index >= 15 is 0 Å². The number of amides is 2. The summed E-state index contributed by atoms with van der Waals surface area (Å²) in [5.74, 6) is 0.550. The molecule has 1 saturated heterocycles. The molecule has 2 heterocycles. The number of piperazine rings is 1. The molecule has 1 aromatic carbocycles. The van der Waals surface area contributed by atoms with Crippen molar-refractivity contribution in [2.75, 3.05) is 36.4 Å². The lowest BCUT2D eigenvalue weighted by molar-refractivity contribution is -0.118.